The number of aliphatic hydroxyl groups is 1. The molecule has 1 heterocycles. The average Bonchev–Trinajstić information content (AvgIpc) is 2.66. The van der Waals surface area contributed by atoms with Crippen molar-refractivity contribution in [3.8, 4) is 0 Å². The highest BCUT2D eigenvalue weighted by Crippen LogP contribution is 2.09. The fraction of sp³-hybridized carbons (Fsp3) is 0.600. The molecular formula is C10H17N3O2S. The quantitative estimate of drug-likeness (QED) is 0.663. The Morgan fingerprint density at radius 3 is 3.12 bits per heavy atom. The van der Waals surface area contributed by atoms with Crippen molar-refractivity contribution in [1.29, 1.82) is 0 Å². The Hall–Kier alpha value is -0.980. The third kappa shape index (κ3) is 4.26. The van der Waals surface area contributed by atoms with Crippen LogP contribution < -0.4 is 11.1 Å². The molecular weight excluding hydrogens is 226 g/mol. The van der Waals surface area contributed by atoms with E-state index in [1.165, 1.54) is 11.3 Å². The van der Waals surface area contributed by atoms with E-state index in [1.54, 1.807) is 12.3 Å². The summed E-state index contributed by atoms with van der Waals surface area (Å²) in [7, 11) is 0. The molecule has 0 saturated heterocycles. The minimum atomic E-state index is -0.400. The standard InChI is InChI=1S/C10H17N3O2S/c1-7(14)3-5-12-10(15)8-6-16-9(13-8)2-4-11/h6-7,14H,2-5,11H2,1H3,(H,12,15). The topological polar surface area (TPSA) is 88.2 Å². The lowest BCUT2D eigenvalue weighted by Crippen LogP contribution is -2.26. The number of nitrogens with zero attached hydrogens (tertiary/aromatic N) is 1. The van der Waals surface area contributed by atoms with Crippen molar-refractivity contribution >= 4 is 17.2 Å². The summed E-state index contributed by atoms with van der Waals surface area (Å²) in [5.74, 6) is -0.194. The minimum Gasteiger partial charge on any atom is -0.393 e. The molecule has 0 bridgehead atoms. The average molecular weight is 243 g/mol. The first-order chi connectivity index (χ1) is 7.63. The van der Waals surface area contributed by atoms with Gasteiger partial charge in [0.15, 0.2) is 0 Å². The molecule has 1 aromatic rings. The van der Waals surface area contributed by atoms with Gasteiger partial charge in [-0.25, -0.2) is 4.98 Å². The van der Waals surface area contributed by atoms with Gasteiger partial charge in [0.25, 0.3) is 5.91 Å². The van der Waals surface area contributed by atoms with Crippen LogP contribution in [-0.4, -0.2) is 35.2 Å². The maximum Gasteiger partial charge on any atom is 0.270 e. The highest BCUT2D eigenvalue weighted by atomic mass is 32.1. The first-order valence-electron chi connectivity index (χ1n) is 5.24. The van der Waals surface area contributed by atoms with Crippen LogP contribution >= 0.6 is 11.3 Å². The molecule has 0 radical (unpaired) electrons. The summed E-state index contributed by atoms with van der Waals surface area (Å²) in [4.78, 5) is 15.7. The number of nitrogens with two attached hydrogens (primary N) is 1. The number of thiazole rings is 1. The van der Waals surface area contributed by atoms with E-state index in [1.807, 2.05) is 0 Å². The van der Waals surface area contributed by atoms with Crippen LogP contribution in [0.25, 0.3) is 0 Å². The van der Waals surface area contributed by atoms with E-state index in [0.717, 1.165) is 5.01 Å². The molecule has 1 unspecified atom stereocenters. The second-order valence-electron chi connectivity index (χ2n) is 3.56. The van der Waals surface area contributed by atoms with Gasteiger partial charge < -0.3 is 16.2 Å². The highest BCUT2D eigenvalue weighted by Gasteiger charge is 2.09. The summed E-state index contributed by atoms with van der Waals surface area (Å²) in [5.41, 5.74) is 5.83. The van der Waals surface area contributed by atoms with Gasteiger partial charge >= 0.3 is 0 Å². The van der Waals surface area contributed by atoms with E-state index in [-0.39, 0.29) is 5.91 Å². The third-order valence-electron chi connectivity index (χ3n) is 1.99. The van der Waals surface area contributed by atoms with Crippen LogP contribution in [0.4, 0.5) is 0 Å². The lowest BCUT2D eigenvalue weighted by molar-refractivity contribution is 0.0941. The Morgan fingerprint density at radius 2 is 2.50 bits per heavy atom. The van der Waals surface area contributed by atoms with Crippen molar-refractivity contribution in [1.82, 2.24) is 10.3 Å². The molecule has 1 atom stereocenters. The Morgan fingerprint density at radius 1 is 1.75 bits per heavy atom. The number of aliphatic hydroxyl groups excluding tert-OH is 1. The van der Waals surface area contributed by atoms with Crippen LogP contribution in [0.15, 0.2) is 5.38 Å². The molecule has 0 aliphatic heterocycles. The highest BCUT2D eigenvalue weighted by molar-refractivity contribution is 7.09. The van der Waals surface area contributed by atoms with Crippen molar-refractivity contribution < 1.29 is 9.90 Å². The maximum atomic E-state index is 11.6. The zero-order valence-electron chi connectivity index (χ0n) is 9.27. The number of carbonyl (C=O) groups is 1. The van der Waals surface area contributed by atoms with Crippen molar-refractivity contribution in [2.45, 2.75) is 25.9 Å². The molecule has 0 fully saturated rings. The van der Waals surface area contributed by atoms with Crippen molar-refractivity contribution in [2.24, 2.45) is 5.73 Å². The second-order valence-corrected chi connectivity index (χ2v) is 4.50. The molecule has 0 saturated carbocycles. The summed E-state index contributed by atoms with van der Waals surface area (Å²) < 4.78 is 0. The smallest absolute Gasteiger partial charge is 0.270 e. The van der Waals surface area contributed by atoms with Gasteiger partial charge in [-0.15, -0.1) is 11.3 Å². The van der Waals surface area contributed by atoms with E-state index in [9.17, 15) is 4.79 Å². The van der Waals surface area contributed by atoms with Crippen LogP contribution in [0.2, 0.25) is 0 Å². The number of carbonyl (C=O) groups excluding carboxylic acids is 1. The molecule has 5 nitrogen and oxygen atoms in total. The van der Waals surface area contributed by atoms with E-state index < -0.39 is 6.10 Å². The number of aromatic nitrogens is 1. The summed E-state index contributed by atoms with van der Waals surface area (Å²) in [6, 6.07) is 0. The molecule has 1 rings (SSSR count). The van der Waals surface area contributed by atoms with Gasteiger partial charge in [0.1, 0.15) is 5.69 Å². The Kier molecular flexibility index (Phi) is 5.37. The molecule has 1 aromatic heterocycles. The number of amides is 1. The number of hydrogen-bond donors (Lipinski definition) is 3. The zero-order chi connectivity index (χ0) is 12.0. The van der Waals surface area contributed by atoms with Crippen molar-refractivity contribution in [2.75, 3.05) is 13.1 Å². The van der Waals surface area contributed by atoms with E-state index in [4.69, 9.17) is 10.8 Å². The fourth-order valence-electron chi connectivity index (χ4n) is 1.14. The molecule has 4 N–H and O–H groups in total. The van der Waals surface area contributed by atoms with Crippen LogP contribution in [0.3, 0.4) is 0 Å². The molecule has 0 aromatic carbocycles. The van der Waals surface area contributed by atoms with E-state index >= 15 is 0 Å². The lowest BCUT2D eigenvalue weighted by atomic mass is 10.3. The molecule has 16 heavy (non-hydrogen) atoms. The maximum absolute atomic E-state index is 11.6. The predicted molar refractivity (Wildman–Crippen MR) is 63.5 cm³/mol. The molecule has 0 spiro atoms. The Labute approximate surface area is 98.7 Å². The predicted octanol–water partition coefficient (Wildman–Crippen LogP) is 0.145. The number of hydrogen-bond acceptors (Lipinski definition) is 5. The SMILES string of the molecule is CC(O)CCNC(=O)c1csc(CCN)n1. The third-order valence-corrected chi connectivity index (χ3v) is 2.90. The molecule has 6 heteroatoms. The number of nitrogens with one attached hydrogen (secondary N) is 1. The molecule has 1 amide bonds. The first-order valence-corrected chi connectivity index (χ1v) is 6.12. The fourth-order valence-corrected chi connectivity index (χ4v) is 1.93. The largest absolute Gasteiger partial charge is 0.393 e. The van der Waals surface area contributed by atoms with Gasteiger partial charge in [0.2, 0.25) is 0 Å². The monoisotopic (exact) mass is 243 g/mol. The molecule has 0 aliphatic carbocycles. The van der Waals surface area contributed by atoms with Gasteiger partial charge in [-0.2, -0.15) is 0 Å². The van der Waals surface area contributed by atoms with Crippen LogP contribution in [0.1, 0.15) is 28.8 Å². The Bertz CT molecular complexity index is 339. The van der Waals surface area contributed by atoms with Gasteiger partial charge in [0, 0.05) is 18.3 Å². The second kappa shape index (κ2) is 6.57. The zero-order valence-corrected chi connectivity index (χ0v) is 10.1. The normalized spacial score (nSPS) is 12.4. The van der Waals surface area contributed by atoms with Gasteiger partial charge in [-0.1, -0.05) is 0 Å². The minimum absolute atomic E-state index is 0.194. The van der Waals surface area contributed by atoms with Gasteiger partial charge in [-0.05, 0) is 19.9 Å². The molecule has 90 valence electrons. The summed E-state index contributed by atoms with van der Waals surface area (Å²) >= 11 is 1.44. The van der Waals surface area contributed by atoms with E-state index in [0.29, 0.717) is 31.6 Å². The van der Waals surface area contributed by atoms with Crippen LogP contribution in [-0.2, 0) is 6.42 Å². The number of rotatable bonds is 6. The summed E-state index contributed by atoms with van der Waals surface area (Å²) in [6.45, 7) is 2.69. The lowest BCUT2D eigenvalue weighted by Gasteiger charge is -2.04. The van der Waals surface area contributed by atoms with Crippen molar-refractivity contribution in [3.05, 3.63) is 16.1 Å². The Balaban J connectivity index is 2.40. The summed E-state index contributed by atoms with van der Waals surface area (Å²) in [6.07, 6.45) is 0.848. The van der Waals surface area contributed by atoms with Crippen LogP contribution in [0, 0.1) is 0 Å². The van der Waals surface area contributed by atoms with Crippen LogP contribution in [0.5, 0.6) is 0 Å². The van der Waals surface area contributed by atoms with Crippen molar-refractivity contribution in [3.63, 3.8) is 0 Å². The van der Waals surface area contributed by atoms with E-state index in [2.05, 4.69) is 10.3 Å². The van der Waals surface area contributed by atoms with Gasteiger partial charge in [0.05, 0.1) is 11.1 Å². The first kappa shape index (κ1) is 13.1. The van der Waals surface area contributed by atoms with Gasteiger partial charge in [-0.3, -0.25) is 4.79 Å². The molecule has 0 aliphatic rings. The summed E-state index contributed by atoms with van der Waals surface area (Å²) in [5, 5.41) is 14.3.